The maximum absolute atomic E-state index is 11.4. The van der Waals surface area contributed by atoms with Gasteiger partial charge in [-0.2, -0.15) is 10.4 Å². The van der Waals surface area contributed by atoms with Crippen LogP contribution >= 0.6 is 0 Å². The third-order valence-electron chi connectivity index (χ3n) is 3.04. The summed E-state index contributed by atoms with van der Waals surface area (Å²) < 4.78 is 22.8. The van der Waals surface area contributed by atoms with E-state index in [1.54, 1.807) is 42.5 Å². The lowest BCUT2D eigenvalue weighted by molar-refractivity contribution is 0.602. The van der Waals surface area contributed by atoms with Gasteiger partial charge in [0.2, 0.25) is 0 Å². The van der Waals surface area contributed by atoms with Gasteiger partial charge in [0, 0.05) is 6.26 Å². The van der Waals surface area contributed by atoms with Crippen molar-refractivity contribution in [3.8, 4) is 6.07 Å². The Kier molecular flexibility index (Phi) is 4.59. The van der Waals surface area contributed by atoms with Crippen molar-refractivity contribution < 1.29 is 8.42 Å². The van der Waals surface area contributed by atoms with E-state index in [4.69, 9.17) is 5.26 Å². The summed E-state index contributed by atoms with van der Waals surface area (Å²) in [6.07, 6.45) is 1.17. The van der Waals surface area contributed by atoms with Gasteiger partial charge in [-0.05, 0) is 42.8 Å². The van der Waals surface area contributed by atoms with Crippen molar-refractivity contribution in [3.63, 3.8) is 0 Å². The molecule has 112 valence electrons. The van der Waals surface area contributed by atoms with Gasteiger partial charge in [0.1, 0.15) is 0 Å². The number of hydrazone groups is 1. The highest BCUT2D eigenvalue weighted by atomic mass is 32.2. The zero-order valence-electron chi connectivity index (χ0n) is 12.2. The van der Waals surface area contributed by atoms with Gasteiger partial charge in [0.05, 0.1) is 27.9 Å². The molecule has 2 aromatic rings. The number of sulfone groups is 1. The van der Waals surface area contributed by atoms with Crippen LogP contribution in [0.15, 0.2) is 58.5 Å². The zero-order valence-corrected chi connectivity index (χ0v) is 13.1. The summed E-state index contributed by atoms with van der Waals surface area (Å²) in [6.45, 7) is 1.82. The van der Waals surface area contributed by atoms with Crippen LogP contribution in [-0.4, -0.2) is 20.4 Å². The largest absolute Gasteiger partial charge is 0.278 e. The summed E-state index contributed by atoms with van der Waals surface area (Å²) in [6, 6.07) is 15.6. The van der Waals surface area contributed by atoms with Crippen molar-refractivity contribution in [1.82, 2.24) is 0 Å². The fourth-order valence-corrected chi connectivity index (χ4v) is 2.45. The molecular formula is C16H15N3O2S. The van der Waals surface area contributed by atoms with Crippen molar-refractivity contribution in [3.05, 3.63) is 59.7 Å². The first-order valence-corrected chi connectivity index (χ1v) is 8.40. The summed E-state index contributed by atoms with van der Waals surface area (Å²) in [5.41, 5.74) is 5.67. The van der Waals surface area contributed by atoms with Crippen molar-refractivity contribution in [2.24, 2.45) is 5.10 Å². The summed E-state index contributed by atoms with van der Waals surface area (Å²) in [7, 11) is -3.19. The van der Waals surface area contributed by atoms with Crippen molar-refractivity contribution in [1.29, 1.82) is 5.26 Å². The van der Waals surface area contributed by atoms with E-state index in [0.29, 0.717) is 17.0 Å². The minimum atomic E-state index is -3.19. The van der Waals surface area contributed by atoms with Crippen LogP contribution < -0.4 is 5.43 Å². The highest BCUT2D eigenvalue weighted by molar-refractivity contribution is 7.90. The number of rotatable bonds is 4. The van der Waals surface area contributed by atoms with E-state index in [9.17, 15) is 8.42 Å². The van der Waals surface area contributed by atoms with Crippen LogP contribution in [0.1, 0.15) is 18.1 Å². The molecule has 2 rings (SSSR count). The monoisotopic (exact) mass is 313 g/mol. The minimum absolute atomic E-state index is 0.277. The molecule has 0 aromatic heterocycles. The molecule has 5 nitrogen and oxygen atoms in total. The first-order valence-electron chi connectivity index (χ1n) is 6.51. The van der Waals surface area contributed by atoms with Gasteiger partial charge < -0.3 is 0 Å². The maximum Gasteiger partial charge on any atom is 0.175 e. The first-order chi connectivity index (χ1) is 10.4. The molecule has 1 N–H and O–H groups in total. The standard InChI is InChI=1S/C16H15N3O2S/c1-12(14-6-8-16(9-7-14)22(2,20)21)18-19-15-5-3-4-13(10-15)11-17/h3-10,19H,1-2H3/b18-12+. The molecule has 22 heavy (non-hydrogen) atoms. The number of nitriles is 1. The minimum Gasteiger partial charge on any atom is -0.278 e. The molecule has 0 radical (unpaired) electrons. The molecule has 0 aliphatic carbocycles. The lowest BCUT2D eigenvalue weighted by Crippen LogP contribution is -2.02. The average molecular weight is 313 g/mol. The van der Waals surface area contributed by atoms with Crippen molar-refractivity contribution >= 4 is 21.2 Å². The number of benzene rings is 2. The summed E-state index contributed by atoms with van der Waals surface area (Å²) >= 11 is 0. The Morgan fingerprint density at radius 1 is 1.18 bits per heavy atom. The average Bonchev–Trinajstić information content (AvgIpc) is 2.52. The number of nitrogens with one attached hydrogen (secondary N) is 1. The number of hydrogen-bond acceptors (Lipinski definition) is 5. The van der Waals surface area contributed by atoms with Gasteiger partial charge >= 0.3 is 0 Å². The summed E-state index contributed by atoms with van der Waals surface area (Å²) in [5, 5.41) is 13.1. The fourth-order valence-electron chi connectivity index (χ4n) is 1.81. The van der Waals surface area contributed by atoms with Crippen LogP contribution in [0, 0.1) is 11.3 Å². The van der Waals surface area contributed by atoms with Gasteiger partial charge in [0.15, 0.2) is 9.84 Å². The Morgan fingerprint density at radius 2 is 1.86 bits per heavy atom. The van der Waals surface area contributed by atoms with Gasteiger partial charge in [-0.3, -0.25) is 5.43 Å². The Bertz CT molecular complexity index is 848. The van der Waals surface area contributed by atoms with Gasteiger partial charge in [-0.15, -0.1) is 0 Å². The maximum atomic E-state index is 11.4. The number of hydrogen-bond donors (Lipinski definition) is 1. The molecule has 0 saturated heterocycles. The second-order valence-corrected chi connectivity index (χ2v) is 6.81. The highest BCUT2D eigenvalue weighted by Gasteiger charge is 2.07. The molecule has 0 fully saturated rings. The van der Waals surface area contributed by atoms with Crippen LogP contribution in [-0.2, 0) is 9.84 Å². The van der Waals surface area contributed by atoms with E-state index in [1.807, 2.05) is 13.0 Å². The lowest BCUT2D eigenvalue weighted by atomic mass is 10.1. The zero-order chi connectivity index (χ0) is 16.2. The predicted octanol–water partition coefficient (Wildman–Crippen LogP) is 2.80. The SMILES string of the molecule is C/C(=N\Nc1cccc(C#N)c1)c1ccc(S(C)(=O)=O)cc1. The van der Waals surface area contributed by atoms with Crippen molar-refractivity contribution in [2.45, 2.75) is 11.8 Å². The third kappa shape index (κ3) is 3.93. The molecule has 0 bridgehead atoms. The normalized spacial score (nSPS) is 11.8. The van der Waals surface area contributed by atoms with Crippen LogP contribution in [0.5, 0.6) is 0 Å². The van der Waals surface area contributed by atoms with E-state index in [1.165, 1.54) is 6.26 Å². The molecule has 0 unspecified atom stereocenters. The Labute approximate surface area is 129 Å². The molecule has 0 aliphatic rings. The van der Waals surface area contributed by atoms with E-state index in [0.717, 1.165) is 5.56 Å². The molecule has 0 saturated carbocycles. The van der Waals surface area contributed by atoms with Gasteiger partial charge in [0.25, 0.3) is 0 Å². The number of anilines is 1. The topological polar surface area (TPSA) is 82.3 Å². The third-order valence-corrected chi connectivity index (χ3v) is 4.17. The Hall–Kier alpha value is -2.65. The van der Waals surface area contributed by atoms with Crippen LogP contribution in [0.3, 0.4) is 0 Å². The van der Waals surface area contributed by atoms with E-state index in [-0.39, 0.29) is 4.90 Å². The van der Waals surface area contributed by atoms with E-state index >= 15 is 0 Å². The lowest BCUT2D eigenvalue weighted by Gasteiger charge is -2.05. The number of nitrogens with zero attached hydrogens (tertiary/aromatic N) is 2. The molecule has 0 amide bonds. The second kappa shape index (κ2) is 6.41. The predicted molar refractivity (Wildman–Crippen MR) is 86.5 cm³/mol. The fraction of sp³-hybridized carbons (Fsp3) is 0.125. The van der Waals surface area contributed by atoms with Gasteiger partial charge in [-0.1, -0.05) is 18.2 Å². The van der Waals surface area contributed by atoms with E-state index < -0.39 is 9.84 Å². The summed E-state index contributed by atoms with van der Waals surface area (Å²) in [5.74, 6) is 0. The summed E-state index contributed by atoms with van der Waals surface area (Å²) in [4.78, 5) is 0.277. The Morgan fingerprint density at radius 3 is 2.45 bits per heavy atom. The van der Waals surface area contributed by atoms with Crippen LogP contribution in [0.25, 0.3) is 0 Å². The van der Waals surface area contributed by atoms with E-state index in [2.05, 4.69) is 16.6 Å². The van der Waals surface area contributed by atoms with Crippen LogP contribution in [0.2, 0.25) is 0 Å². The second-order valence-electron chi connectivity index (χ2n) is 4.80. The quantitative estimate of drug-likeness (QED) is 0.695. The Balaban J connectivity index is 2.17. The molecule has 6 heteroatoms. The van der Waals surface area contributed by atoms with Gasteiger partial charge in [-0.25, -0.2) is 8.42 Å². The first kappa shape index (κ1) is 15.7. The highest BCUT2D eigenvalue weighted by Crippen LogP contribution is 2.13. The smallest absolute Gasteiger partial charge is 0.175 e. The molecule has 0 heterocycles. The van der Waals surface area contributed by atoms with Crippen LogP contribution in [0.4, 0.5) is 5.69 Å². The molecule has 2 aromatic carbocycles. The molecule has 0 aliphatic heterocycles. The molecule has 0 spiro atoms. The molecular weight excluding hydrogens is 298 g/mol. The van der Waals surface area contributed by atoms with Crippen molar-refractivity contribution in [2.75, 3.05) is 11.7 Å². The molecule has 0 atom stereocenters.